The molecular weight excluding hydrogens is 368 g/mol. The van der Waals surface area contributed by atoms with E-state index in [9.17, 15) is 0 Å². The van der Waals surface area contributed by atoms with Gasteiger partial charge in [-0.1, -0.05) is 101 Å². The first kappa shape index (κ1) is 14.7. The van der Waals surface area contributed by atoms with Crippen molar-refractivity contribution in [2.45, 2.75) is 0 Å². The molecule has 0 heterocycles. The van der Waals surface area contributed by atoms with Crippen molar-refractivity contribution in [1.82, 2.24) is 0 Å². The Bertz CT molecular complexity index is 1210. The Kier molecular flexibility index (Phi) is 3.36. The van der Waals surface area contributed by atoms with E-state index in [0.717, 1.165) is 4.47 Å². The van der Waals surface area contributed by atoms with Crippen molar-refractivity contribution >= 4 is 48.2 Å². The minimum atomic E-state index is 1.12. The summed E-state index contributed by atoms with van der Waals surface area (Å²) < 4.78 is 1.12. The van der Waals surface area contributed by atoms with E-state index in [1.54, 1.807) is 0 Å². The molecule has 0 radical (unpaired) electrons. The first-order valence-electron chi connectivity index (χ1n) is 8.42. The summed E-state index contributed by atoms with van der Waals surface area (Å²) in [4.78, 5) is 0. The quantitative estimate of drug-likeness (QED) is 0.262. The molecular formula is C24H15Br. The minimum Gasteiger partial charge on any atom is -0.0616 e. The average Bonchev–Trinajstić information content (AvgIpc) is 2.68. The van der Waals surface area contributed by atoms with Gasteiger partial charge >= 0.3 is 0 Å². The summed E-state index contributed by atoms with van der Waals surface area (Å²) in [5.41, 5.74) is 2.50. The fourth-order valence-electron chi connectivity index (χ4n) is 3.86. The van der Waals surface area contributed by atoms with Crippen LogP contribution in [0.4, 0.5) is 0 Å². The Labute approximate surface area is 154 Å². The van der Waals surface area contributed by atoms with Crippen LogP contribution in [-0.4, -0.2) is 0 Å². The van der Waals surface area contributed by atoms with Crippen LogP contribution in [0.3, 0.4) is 0 Å². The number of halogens is 1. The molecule has 0 amide bonds. The summed E-state index contributed by atoms with van der Waals surface area (Å²) in [6, 6.07) is 32.5. The van der Waals surface area contributed by atoms with Gasteiger partial charge in [-0.3, -0.25) is 0 Å². The van der Waals surface area contributed by atoms with Crippen LogP contribution in [0.15, 0.2) is 95.5 Å². The highest BCUT2D eigenvalue weighted by atomic mass is 79.9. The lowest BCUT2D eigenvalue weighted by Gasteiger charge is -2.15. The topological polar surface area (TPSA) is 0 Å². The smallest absolute Gasteiger partial charge is 0.0253 e. The zero-order chi connectivity index (χ0) is 16.8. The van der Waals surface area contributed by atoms with Crippen molar-refractivity contribution in [3.63, 3.8) is 0 Å². The summed E-state index contributed by atoms with van der Waals surface area (Å²) in [7, 11) is 0. The lowest BCUT2D eigenvalue weighted by Crippen LogP contribution is -1.87. The third kappa shape index (κ3) is 2.20. The largest absolute Gasteiger partial charge is 0.0616 e. The molecule has 5 aromatic carbocycles. The normalized spacial score (nSPS) is 11.4. The molecule has 0 saturated heterocycles. The average molecular weight is 383 g/mol. The van der Waals surface area contributed by atoms with Gasteiger partial charge in [0.2, 0.25) is 0 Å². The zero-order valence-electron chi connectivity index (χ0n) is 13.5. The molecule has 0 spiro atoms. The lowest BCUT2D eigenvalue weighted by molar-refractivity contribution is 1.62. The number of benzene rings is 5. The number of rotatable bonds is 1. The van der Waals surface area contributed by atoms with Crippen LogP contribution >= 0.6 is 15.9 Å². The second-order valence-electron chi connectivity index (χ2n) is 6.30. The van der Waals surface area contributed by atoms with Crippen LogP contribution in [0, 0.1) is 0 Å². The van der Waals surface area contributed by atoms with E-state index >= 15 is 0 Å². The molecule has 0 aliphatic rings. The van der Waals surface area contributed by atoms with Gasteiger partial charge in [0.1, 0.15) is 0 Å². The van der Waals surface area contributed by atoms with Crippen LogP contribution < -0.4 is 0 Å². The van der Waals surface area contributed by atoms with E-state index in [1.165, 1.54) is 43.4 Å². The Morgan fingerprint density at radius 2 is 0.840 bits per heavy atom. The molecule has 0 aliphatic heterocycles. The maximum atomic E-state index is 3.73. The first-order chi connectivity index (χ1) is 12.3. The van der Waals surface area contributed by atoms with E-state index in [1.807, 2.05) is 0 Å². The number of hydrogen-bond donors (Lipinski definition) is 0. The third-order valence-corrected chi connectivity index (χ3v) is 5.62. The minimum absolute atomic E-state index is 1.12. The molecule has 0 aliphatic carbocycles. The monoisotopic (exact) mass is 382 g/mol. The first-order valence-corrected chi connectivity index (χ1v) is 9.21. The molecule has 0 unspecified atom stereocenters. The van der Waals surface area contributed by atoms with Crippen molar-refractivity contribution in [3.05, 3.63) is 95.5 Å². The van der Waals surface area contributed by atoms with E-state index in [-0.39, 0.29) is 0 Å². The molecule has 1 heteroatoms. The van der Waals surface area contributed by atoms with Gasteiger partial charge in [-0.15, -0.1) is 0 Å². The zero-order valence-corrected chi connectivity index (χ0v) is 15.1. The second-order valence-corrected chi connectivity index (χ2v) is 7.15. The summed E-state index contributed by atoms with van der Waals surface area (Å²) in [5, 5.41) is 7.87. The molecule has 0 atom stereocenters. The molecule has 0 nitrogen and oxygen atoms in total. The Balaban J connectivity index is 2.08. The fraction of sp³-hybridized carbons (Fsp3) is 0. The van der Waals surface area contributed by atoms with Gasteiger partial charge in [-0.2, -0.15) is 0 Å². The molecule has 0 aromatic heterocycles. The molecule has 0 saturated carbocycles. The second kappa shape index (κ2) is 5.72. The molecule has 25 heavy (non-hydrogen) atoms. The van der Waals surface area contributed by atoms with Crippen molar-refractivity contribution in [2.75, 3.05) is 0 Å². The van der Waals surface area contributed by atoms with E-state index in [4.69, 9.17) is 0 Å². The Morgan fingerprint density at radius 3 is 1.48 bits per heavy atom. The van der Waals surface area contributed by atoms with Crippen molar-refractivity contribution in [2.24, 2.45) is 0 Å². The highest BCUT2D eigenvalue weighted by molar-refractivity contribution is 9.10. The highest BCUT2D eigenvalue weighted by Crippen LogP contribution is 2.41. The summed E-state index contributed by atoms with van der Waals surface area (Å²) in [6.45, 7) is 0. The van der Waals surface area contributed by atoms with Gasteiger partial charge in [-0.05, 0) is 49.5 Å². The lowest BCUT2D eigenvalue weighted by atomic mass is 9.89. The van der Waals surface area contributed by atoms with Crippen LogP contribution in [0.5, 0.6) is 0 Å². The van der Waals surface area contributed by atoms with Gasteiger partial charge < -0.3 is 0 Å². The molecule has 0 fully saturated rings. The van der Waals surface area contributed by atoms with E-state index < -0.39 is 0 Å². The summed E-state index contributed by atoms with van der Waals surface area (Å²) >= 11 is 3.73. The summed E-state index contributed by atoms with van der Waals surface area (Å²) in [6.07, 6.45) is 0. The van der Waals surface area contributed by atoms with E-state index in [0.29, 0.717) is 0 Å². The van der Waals surface area contributed by atoms with Gasteiger partial charge in [-0.25, -0.2) is 0 Å². The van der Waals surface area contributed by atoms with Crippen LogP contribution in [0.2, 0.25) is 0 Å². The molecule has 118 valence electrons. The predicted octanol–water partition coefficient (Wildman–Crippen LogP) is 7.58. The van der Waals surface area contributed by atoms with E-state index in [2.05, 4.69) is 107 Å². The fourth-order valence-corrected chi connectivity index (χ4v) is 4.36. The van der Waals surface area contributed by atoms with Crippen molar-refractivity contribution in [3.8, 4) is 11.1 Å². The summed E-state index contributed by atoms with van der Waals surface area (Å²) in [5.74, 6) is 0. The van der Waals surface area contributed by atoms with Crippen LogP contribution in [0.1, 0.15) is 0 Å². The molecule has 0 bridgehead atoms. The standard InChI is InChI=1S/C24H15Br/c25-23-15-6-5-11-19(23)22-14-7-13-21-18-9-2-1-8-16(18)17-10-3-4-12-20(17)24(21)22/h1-15H. The maximum Gasteiger partial charge on any atom is 0.0253 e. The number of fused-ring (bicyclic) bond motifs is 6. The van der Waals surface area contributed by atoms with Gasteiger partial charge in [0.05, 0.1) is 0 Å². The Hall–Kier alpha value is -2.64. The van der Waals surface area contributed by atoms with Gasteiger partial charge in [0.25, 0.3) is 0 Å². The van der Waals surface area contributed by atoms with Crippen molar-refractivity contribution < 1.29 is 0 Å². The highest BCUT2D eigenvalue weighted by Gasteiger charge is 2.13. The van der Waals surface area contributed by atoms with Crippen LogP contribution in [-0.2, 0) is 0 Å². The van der Waals surface area contributed by atoms with Gasteiger partial charge in [0.15, 0.2) is 0 Å². The van der Waals surface area contributed by atoms with Gasteiger partial charge in [0, 0.05) is 4.47 Å². The SMILES string of the molecule is Brc1ccccc1-c1cccc2c3ccccc3c3ccccc3c12. The molecule has 5 rings (SSSR count). The van der Waals surface area contributed by atoms with Crippen LogP contribution in [0.25, 0.3) is 43.4 Å². The number of hydrogen-bond acceptors (Lipinski definition) is 0. The molecule has 0 N–H and O–H groups in total. The molecule has 5 aromatic rings. The third-order valence-electron chi connectivity index (χ3n) is 4.93. The predicted molar refractivity (Wildman–Crippen MR) is 112 cm³/mol. The Morgan fingerprint density at radius 1 is 0.400 bits per heavy atom. The van der Waals surface area contributed by atoms with Crippen molar-refractivity contribution in [1.29, 1.82) is 0 Å². The maximum absolute atomic E-state index is 3.73.